The summed E-state index contributed by atoms with van der Waals surface area (Å²) >= 11 is 0. The number of pyridine rings is 1. The number of aliphatic hydroxyl groups is 1. The molecule has 20 heavy (non-hydrogen) atoms. The number of hydrogen-bond acceptors (Lipinski definition) is 6. The number of ether oxygens (including phenoxy) is 2. The van der Waals surface area contributed by atoms with Crippen LogP contribution in [0.15, 0.2) is 24.5 Å². The summed E-state index contributed by atoms with van der Waals surface area (Å²) in [6.07, 6.45) is 2.33. The summed E-state index contributed by atoms with van der Waals surface area (Å²) < 4.78 is 9.99. The van der Waals surface area contributed by atoms with Gasteiger partial charge in [-0.25, -0.2) is 4.79 Å². The van der Waals surface area contributed by atoms with E-state index in [2.05, 4.69) is 4.98 Å². The van der Waals surface area contributed by atoms with E-state index in [-0.39, 0.29) is 18.9 Å². The van der Waals surface area contributed by atoms with Crippen molar-refractivity contribution < 1.29 is 24.2 Å². The van der Waals surface area contributed by atoms with Gasteiger partial charge in [0.1, 0.15) is 6.61 Å². The van der Waals surface area contributed by atoms with E-state index in [9.17, 15) is 9.59 Å². The Morgan fingerprint density at radius 2 is 2.15 bits per heavy atom. The molecule has 1 aromatic heterocycles. The summed E-state index contributed by atoms with van der Waals surface area (Å²) in [5.74, 6) is -0.826. The molecule has 0 aliphatic carbocycles. The SMILES string of the molecule is CC(C)CC(=O)OC(CO)COC(=O)c1cccnc1. The molecule has 0 aliphatic rings. The number of rotatable bonds is 7. The van der Waals surface area contributed by atoms with Crippen molar-refractivity contribution in [2.45, 2.75) is 26.4 Å². The average molecular weight is 281 g/mol. The maximum Gasteiger partial charge on any atom is 0.339 e. The molecule has 1 unspecified atom stereocenters. The first-order valence-corrected chi connectivity index (χ1v) is 6.40. The van der Waals surface area contributed by atoms with Crippen LogP contribution in [-0.2, 0) is 14.3 Å². The molecule has 1 atom stereocenters. The third-order valence-electron chi connectivity index (χ3n) is 2.37. The van der Waals surface area contributed by atoms with Gasteiger partial charge in [-0.15, -0.1) is 0 Å². The molecule has 0 spiro atoms. The van der Waals surface area contributed by atoms with E-state index in [1.54, 1.807) is 18.3 Å². The molecule has 0 amide bonds. The molecular formula is C14H19NO5. The normalized spacial score (nSPS) is 12.0. The Bertz CT molecular complexity index is 432. The number of carbonyl (C=O) groups is 2. The van der Waals surface area contributed by atoms with Crippen LogP contribution in [0.1, 0.15) is 30.6 Å². The maximum atomic E-state index is 11.6. The first kappa shape index (κ1) is 16.1. The van der Waals surface area contributed by atoms with Crippen molar-refractivity contribution in [2.24, 2.45) is 5.92 Å². The van der Waals surface area contributed by atoms with Crippen molar-refractivity contribution >= 4 is 11.9 Å². The van der Waals surface area contributed by atoms with E-state index >= 15 is 0 Å². The molecule has 0 saturated heterocycles. The van der Waals surface area contributed by atoms with Gasteiger partial charge in [0.05, 0.1) is 12.2 Å². The van der Waals surface area contributed by atoms with E-state index in [1.807, 2.05) is 13.8 Å². The number of hydrogen-bond donors (Lipinski definition) is 1. The van der Waals surface area contributed by atoms with Crippen molar-refractivity contribution in [3.8, 4) is 0 Å². The first-order valence-electron chi connectivity index (χ1n) is 6.40. The van der Waals surface area contributed by atoms with Gasteiger partial charge in [-0.3, -0.25) is 9.78 Å². The zero-order valence-electron chi connectivity index (χ0n) is 11.6. The van der Waals surface area contributed by atoms with Gasteiger partial charge in [0, 0.05) is 18.8 Å². The van der Waals surface area contributed by atoms with E-state index in [4.69, 9.17) is 14.6 Å². The Morgan fingerprint density at radius 3 is 2.70 bits per heavy atom. The second-order valence-corrected chi connectivity index (χ2v) is 4.73. The quantitative estimate of drug-likeness (QED) is 0.755. The zero-order valence-corrected chi connectivity index (χ0v) is 11.6. The third kappa shape index (κ3) is 5.79. The summed E-state index contributed by atoms with van der Waals surface area (Å²) in [7, 11) is 0. The Hall–Kier alpha value is -1.95. The average Bonchev–Trinajstić information content (AvgIpc) is 2.43. The molecule has 1 rings (SSSR count). The van der Waals surface area contributed by atoms with Crippen LogP contribution < -0.4 is 0 Å². The van der Waals surface area contributed by atoms with E-state index in [0.29, 0.717) is 5.56 Å². The minimum absolute atomic E-state index is 0.166. The number of esters is 2. The molecule has 0 radical (unpaired) electrons. The van der Waals surface area contributed by atoms with Crippen LogP contribution in [0.4, 0.5) is 0 Å². The summed E-state index contributed by atoms with van der Waals surface area (Å²) in [6.45, 7) is 3.19. The summed E-state index contributed by atoms with van der Waals surface area (Å²) in [5, 5.41) is 9.11. The number of nitrogens with zero attached hydrogens (tertiary/aromatic N) is 1. The largest absolute Gasteiger partial charge is 0.458 e. The molecule has 0 aromatic carbocycles. The van der Waals surface area contributed by atoms with Gasteiger partial charge in [-0.1, -0.05) is 13.8 Å². The highest BCUT2D eigenvalue weighted by molar-refractivity contribution is 5.88. The lowest BCUT2D eigenvalue weighted by Crippen LogP contribution is -2.29. The van der Waals surface area contributed by atoms with Crippen molar-refractivity contribution in [2.75, 3.05) is 13.2 Å². The van der Waals surface area contributed by atoms with Crippen LogP contribution >= 0.6 is 0 Å². The Kier molecular flexibility index (Phi) is 6.66. The highest BCUT2D eigenvalue weighted by Crippen LogP contribution is 2.05. The Morgan fingerprint density at radius 1 is 1.40 bits per heavy atom. The first-order chi connectivity index (χ1) is 9.52. The second kappa shape index (κ2) is 8.27. The fourth-order valence-electron chi connectivity index (χ4n) is 1.43. The zero-order chi connectivity index (χ0) is 15.0. The van der Waals surface area contributed by atoms with Gasteiger partial charge in [-0.2, -0.15) is 0 Å². The highest BCUT2D eigenvalue weighted by atomic mass is 16.6. The van der Waals surface area contributed by atoms with Gasteiger partial charge < -0.3 is 14.6 Å². The summed E-state index contributed by atoms with van der Waals surface area (Å²) in [6, 6.07) is 3.18. The van der Waals surface area contributed by atoms with Gasteiger partial charge in [0.15, 0.2) is 6.10 Å². The summed E-state index contributed by atoms with van der Waals surface area (Å²) in [5.41, 5.74) is 0.303. The van der Waals surface area contributed by atoms with Crippen molar-refractivity contribution in [1.29, 1.82) is 0 Å². The molecule has 0 aliphatic heterocycles. The van der Waals surface area contributed by atoms with E-state index in [0.717, 1.165) is 0 Å². The smallest absolute Gasteiger partial charge is 0.339 e. The van der Waals surface area contributed by atoms with Crippen molar-refractivity contribution in [3.63, 3.8) is 0 Å². The number of aliphatic hydroxyl groups excluding tert-OH is 1. The van der Waals surface area contributed by atoms with Crippen LogP contribution in [0.5, 0.6) is 0 Å². The van der Waals surface area contributed by atoms with Crippen LogP contribution in [0.2, 0.25) is 0 Å². The molecule has 6 heteroatoms. The second-order valence-electron chi connectivity index (χ2n) is 4.73. The molecule has 0 fully saturated rings. The molecule has 1 aromatic rings. The molecule has 0 saturated carbocycles. The van der Waals surface area contributed by atoms with Crippen molar-refractivity contribution in [3.05, 3.63) is 30.1 Å². The maximum absolute atomic E-state index is 11.6. The van der Waals surface area contributed by atoms with Crippen LogP contribution in [0.3, 0.4) is 0 Å². The topological polar surface area (TPSA) is 85.7 Å². The lowest BCUT2D eigenvalue weighted by molar-refractivity contribution is -0.154. The van der Waals surface area contributed by atoms with Crippen molar-refractivity contribution in [1.82, 2.24) is 4.98 Å². The third-order valence-corrected chi connectivity index (χ3v) is 2.37. The molecule has 6 nitrogen and oxygen atoms in total. The number of aromatic nitrogens is 1. The monoisotopic (exact) mass is 281 g/mol. The molecule has 1 heterocycles. The number of carbonyl (C=O) groups excluding carboxylic acids is 2. The minimum Gasteiger partial charge on any atom is -0.458 e. The Balaban J connectivity index is 2.41. The highest BCUT2D eigenvalue weighted by Gasteiger charge is 2.17. The molecule has 110 valence electrons. The van der Waals surface area contributed by atoms with E-state index < -0.39 is 24.6 Å². The lowest BCUT2D eigenvalue weighted by Gasteiger charge is -2.16. The molecule has 1 N–H and O–H groups in total. The minimum atomic E-state index is -0.845. The van der Waals surface area contributed by atoms with Crippen LogP contribution in [0.25, 0.3) is 0 Å². The predicted octanol–water partition coefficient (Wildman–Crippen LogP) is 1.19. The molecular weight excluding hydrogens is 262 g/mol. The lowest BCUT2D eigenvalue weighted by atomic mass is 10.1. The molecule has 0 bridgehead atoms. The Labute approximate surface area is 117 Å². The fourth-order valence-corrected chi connectivity index (χ4v) is 1.43. The van der Waals surface area contributed by atoms with Gasteiger partial charge >= 0.3 is 11.9 Å². The fraction of sp³-hybridized carbons (Fsp3) is 0.500. The standard InChI is InChI=1S/C14H19NO5/c1-10(2)6-13(17)20-12(8-16)9-19-14(18)11-4-3-5-15-7-11/h3-5,7,10,12,16H,6,8-9H2,1-2H3. The van der Waals surface area contributed by atoms with Gasteiger partial charge in [-0.05, 0) is 18.1 Å². The van der Waals surface area contributed by atoms with E-state index in [1.165, 1.54) is 6.20 Å². The predicted molar refractivity (Wildman–Crippen MR) is 70.9 cm³/mol. The van der Waals surface area contributed by atoms with Gasteiger partial charge in [0.25, 0.3) is 0 Å². The summed E-state index contributed by atoms with van der Waals surface area (Å²) in [4.78, 5) is 26.9. The van der Waals surface area contributed by atoms with Crippen LogP contribution in [-0.4, -0.2) is 41.3 Å². The van der Waals surface area contributed by atoms with Crippen LogP contribution in [0, 0.1) is 5.92 Å². The van der Waals surface area contributed by atoms with Gasteiger partial charge in [0.2, 0.25) is 0 Å².